The fraction of sp³-hybridized carbons (Fsp3) is 0.118. The fourth-order valence-corrected chi connectivity index (χ4v) is 1.89. The number of hydrogen-bond donors (Lipinski definition) is 2. The van der Waals surface area contributed by atoms with Crippen molar-refractivity contribution in [1.29, 1.82) is 5.26 Å². The Labute approximate surface area is 133 Å². The van der Waals surface area contributed by atoms with Gasteiger partial charge in [0.25, 0.3) is 5.91 Å². The number of amides is 1. The van der Waals surface area contributed by atoms with Crippen LogP contribution in [0.25, 0.3) is 0 Å². The van der Waals surface area contributed by atoms with Gasteiger partial charge < -0.3 is 15.8 Å². The summed E-state index contributed by atoms with van der Waals surface area (Å²) in [6.45, 7) is 1.36. The number of esters is 1. The van der Waals surface area contributed by atoms with Gasteiger partial charge in [-0.15, -0.1) is 0 Å². The number of para-hydroxylation sites is 1. The first-order valence-electron chi connectivity index (χ1n) is 6.83. The minimum absolute atomic E-state index is 0.233. The molecule has 0 aromatic heterocycles. The van der Waals surface area contributed by atoms with Crippen LogP contribution in [0.5, 0.6) is 0 Å². The van der Waals surface area contributed by atoms with E-state index in [2.05, 4.69) is 5.32 Å². The lowest BCUT2D eigenvalue weighted by Gasteiger charge is -2.09. The number of carbonyl (C=O) groups excluding carboxylic acids is 2. The van der Waals surface area contributed by atoms with E-state index in [4.69, 9.17) is 15.7 Å². The number of nitrogens with one attached hydrogen (secondary N) is 1. The average Bonchev–Trinajstić information content (AvgIpc) is 2.56. The molecule has 0 saturated heterocycles. The molecule has 2 rings (SSSR count). The predicted octanol–water partition coefficient (Wildman–Crippen LogP) is 2.24. The third kappa shape index (κ3) is 4.08. The Hall–Kier alpha value is -3.33. The summed E-state index contributed by atoms with van der Waals surface area (Å²) < 4.78 is 4.96. The van der Waals surface area contributed by atoms with Gasteiger partial charge in [-0.25, -0.2) is 4.79 Å². The van der Waals surface area contributed by atoms with Crippen molar-refractivity contribution in [1.82, 2.24) is 0 Å². The number of rotatable bonds is 4. The summed E-state index contributed by atoms with van der Waals surface area (Å²) in [5.74, 6) is -1.13. The average molecular weight is 309 g/mol. The van der Waals surface area contributed by atoms with Crippen LogP contribution >= 0.6 is 0 Å². The summed E-state index contributed by atoms with van der Waals surface area (Å²) in [6, 6.07) is 13.3. The second-order valence-electron chi connectivity index (χ2n) is 4.85. The standard InChI is InChI=1S/C17H15N3O3/c1-11-3-2-4-14(16(11)19)17(22)23-10-15(21)20-13-7-5-12(9-18)6-8-13/h2-8H,10,19H2,1H3,(H,20,21). The molecule has 3 N–H and O–H groups in total. The Kier molecular flexibility index (Phi) is 4.95. The van der Waals surface area contributed by atoms with E-state index in [1.807, 2.05) is 6.07 Å². The number of nitrogens with two attached hydrogens (primary N) is 1. The Morgan fingerprint density at radius 3 is 2.57 bits per heavy atom. The third-order valence-corrected chi connectivity index (χ3v) is 3.18. The summed E-state index contributed by atoms with van der Waals surface area (Å²) in [6.07, 6.45) is 0. The molecule has 0 aliphatic heterocycles. The van der Waals surface area contributed by atoms with E-state index >= 15 is 0 Å². The molecule has 116 valence electrons. The zero-order valence-electron chi connectivity index (χ0n) is 12.5. The lowest BCUT2D eigenvalue weighted by Crippen LogP contribution is -2.21. The fourth-order valence-electron chi connectivity index (χ4n) is 1.89. The highest BCUT2D eigenvalue weighted by atomic mass is 16.5. The van der Waals surface area contributed by atoms with Crippen LogP contribution < -0.4 is 11.1 Å². The highest BCUT2D eigenvalue weighted by molar-refractivity contribution is 5.98. The lowest BCUT2D eigenvalue weighted by molar-refractivity contribution is -0.119. The number of benzene rings is 2. The molecular formula is C17H15N3O3. The molecule has 1 amide bonds. The quantitative estimate of drug-likeness (QED) is 0.665. The zero-order valence-corrected chi connectivity index (χ0v) is 12.5. The van der Waals surface area contributed by atoms with E-state index in [0.29, 0.717) is 16.9 Å². The number of hydrogen-bond acceptors (Lipinski definition) is 5. The predicted molar refractivity (Wildman–Crippen MR) is 85.7 cm³/mol. The molecule has 0 aliphatic rings. The first-order chi connectivity index (χ1) is 11.0. The topological polar surface area (TPSA) is 105 Å². The maximum Gasteiger partial charge on any atom is 0.340 e. The second-order valence-corrected chi connectivity index (χ2v) is 4.85. The summed E-state index contributed by atoms with van der Waals surface area (Å²) in [4.78, 5) is 23.7. The van der Waals surface area contributed by atoms with Crippen LogP contribution in [0.4, 0.5) is 11.4 Å². The number of aryl methyl sites for hydroxylation is 1. The largest absolute Gasteiger partial charge is 0.452 e. The zero-order chi connectivity index (χ0) is 16.8. The van der Waals surface area contributed by atoms with Crippen molar-refractivity contribution < 1.29 is 14.3 Å². The van der Waals surface area contributed by atoms with Crippen LogP contribution in [0.3, 0.4) is 0 Å². The number of nitrogens with zero attached hydrogens (tertiary/aromatic N) is 1. The minimum Gasteiger partial charge on any atom is -0.452 e. The molecule has 0 fully saturated rings. The highest BCUT2D eigenvalue weighted by Crippen LogP contribution is 2.17. The van der Waals surface area contributed by atoms with Crippen molar-refractivity contribution in [2.24, 2.45) is 0 Å². The van der Waals surface area contributed by atoms with Crippen molar-refractivity contribution in [3.63, 3.8) is 0 Å². The smallest absolute Gasteiger partial charge is 0.340 e. The summed E-state index contributed by atoms with van der Waals surface area (Å²) in [5.41, 5.74) is 8.15. The second kappa shape index (κ2) is 7.09. The van der Waals surface area contributed by atoms with E-state index in [9.17, 15) is 9.59 Å². The third-order valence-electron chi connectivity index (χ3n) is 3.18. The monoisotopic (exact) mass is 309 g/mol. The number of carbonyl (C=O) groups is 2. The van der Waals surface area contributed by atoms with Crippen molar-refractivity contribution in [2.45, 2.75) is 6.92 Å². The molecule has 0 unspecified atom stereocenters. The Morgan fingerprint density at radius 2 is 1.91 bits per heavy atom. The van der Waals surface area contributed by atoms with Gasteiger partial charge in [-0.05, 0) is 42.8 Å². The Balaban J connectivity index is 1.92. The number of nitrogen functional groups attached to an aromatic ring is 1. The molecule has 2 aromatic rings. The summed E-state index contributed by atoms with van der Waals surface area (Å²) in [5, 5.41) is 11.3. The van der Waals surface area contributed by atoms with Crippen LogP contribution in [-0.4, -0.2) is 18.5 Å². The Bertz CT molecular complexity index is 777. The first-order valence-corrected chi connectivity index (χ1v) is 6.83. The maximum absolute atomic E-state index is 11.9. The van der Waals surface area contributed by atoms with E-state index < -0.39 is 18.5 Å². The van der Waals surface area contributed by atoms with Gasteiger partial charge in [0.15, 0.2) is 6.61 Å². The molecule has 0 spiro atoms. The van der Waals surface area contributed by atoms with Crippen molar-refractivity contribution in [3.05, 3.63) is 59.2 Å². The van der Waals surface area contributed by atoms with Gasteiger partial charge in [0.1, 0.15) is 0 Å². The molecule has 0 aliphatic carbocycles. The molecule has 0 radical (unpaired) electrons. The van der Waals surface area contributed by atoms with Crippen LogP contribution in [0.15, 0.2) is 42.5 Å². The van der Waals surface area contributed by atoms with E-state index in [1.165, 1.54) is 0 Å². The molecule has 6 nitrogen and oxygen atoms in total. The molecule has 6 heteroatoms. The highest BCUT2D eigenvalue weighted by Gasteiger charge is 2.14. The lowest BCUT2D eigenvalue weighted by atomic mass is 10.1. The molecular weight excluding hydrogens is 294 g/mol. The molecule has 0 saturated carbocycles. The SMILES string of the molecule is Cc1cccc(C(=O)OCC(=O)Nc2ccc(C#N)cc2)c1N. The van der Waals surface area contributed by atoms with Gasteiger partial charge in [0.2, 0.25) is 0 Å². The molecule has 0 heterocycles. The normalized spacial score (nSPS) is 9.74. The Morgan fingerprint density at radius 1 is 1.22 bits per heavy atom. The number of ether oxygens (including phenoxy) is 1. The van der Waals surface area contributed by atoms with Gasteiger partial charge in [0, 0.05) is 11.4 Å². The number of anilines is 2. The van der Waals surface area contributed by atoms with Gasteiger partial charge in [-0.3, -0.25) is 4.79 Å². The first kappa shape index (κ1) is 16.0. The van der Waals surface area contributed by atoms with E-state index in [0.717, 1.165) is 5.56 Å². The maximum atomic E-state index is 11.9. The number of nitriles is 1. The van der Waals surface area contributed by atoms with Crippen LogP contribution in [-0.2, 0) is 9.53 Å². The van der Waals surface area contributed by atoms with Crippen molar-refractivity contribution >= 4 is 23.3 Å². The van der Waals surface area contributed by atoms with Gasteiger partial charge in [-0.1, -0.05) is 12.1 Å². The summed E-state index contributed by atoms with van der Waals surface area (Å²) in [7, 11) is 0. The van der Waals surface area contributed by atoms with Crippen molar-refractivity contribution in [2.75, 3.05) is 17.7 Å². The van der Waals surface area contributed by atoms with Crippen LogP contribution in [0.1, 0.15) is 21.5 Å². The van der Waals surface area contributed by atoms with Gasteiger partial charge in [0.05, 0.1) is 17.2 Å². The molecule has 23 heavy (non-hydrogen) atoms. The molecule has 2 aromatic carbocycles. The summed E-state index contributed by atoms with van der Waals surface area (Å²) >= 11 is 0. The van der Waals surface area contributed by atoms with Crippen LogP contribution in [0.2, 0.25) is 0 Å². The minimum atomic E-state index is -0.652. The van der Waals surface area contributed by atoms with E-state index in [-0.39, 0.29) is 5.56 Å². The molecule has 0 bridgehead atoms. The van der Waals surface area contributed by atoms with E-state index in [1.54, 1.807) is 49.4 Å². The van der Waals surface area contributed by atoms with Crippen molar-refractivity contribution in [3.8, 4) is 6.07 Å². The van der Waals surface area contributed by atoms with Gasteiger partial charge in [-0.2, -0.15) is 5.26 Å². The van der Waals surface area contributed by atoms with Gasteiger partial charge >= 0.3 is 5.97 Å². The van der Waals surface area contributed by atoms with Crippen LogP contribution in [0, 0.1) is 18.3 Å². The molecule has 0 atom stereocenters.